The Balaban J connectivity index is 2.15. The molecule has 0 aliphatic heterocycles. The second-order valence-electron chi connectivity index (χ2n) is 3.27. The molecule has 2 atom stereocenters. The summed E-state index contributed by atoms with van der Waals surface area (Å²) in [7, 11) is 1.79. The maximum absolute atomic E-state index is 5.27. The van der Waals surface area contributed by atoms with E-state index in [2.05, 4.69) is 27.8 Å². The van der Waals surface area contributed by atoms with E-state index in [9.17, 15) is 0 Å². The van der Waals surface area contributed by atoms with Crippen molar-refractivity contribution in [3.8, 4) is 0 Å². The van der Waals surface area contributed by atoms with Crippen LogP contribution < -0.4 is 5.32 Å². The molecular weight excluding hydrogens is 218 g/mol. The van der Waals surface area contributed by atoms with E-state index in [1.807, 2.05) is 0 Å². The van der Waals surface area contributed by atoms with Crippen LogP contribution in [0.1, 0.15) is 19.3 Å². The standard InChI is InChI=1S/C9H16BrNO/c1-7(10)6-11-8-3-4-9(5-8)12-2/h8-9,11H,1,3-6H2,2H3. The van der Waals surface area contributed by atoms with Crippen molar-refractivity contribution in [2.75, 3.05) is 13.7 Å². The van der Waals surface area contributed by atoms with Gasteiger partial charge in [0.25, 0.3) is 0 Å². The van der Waals surface area contributed by atoms with Crippen molar-refractivity contribution >= 4 is 15.9 Å². The minimum atomic E-state index is 0.464. The van der Waals surface area contributed by atoms with Gasteiger partial charge in [0.1, 0.15) is 0 Å². The normalized spacial score (nSPS) is 29.2. The lowest BCUT2D eigenvalue weighted by atomic mass is 10.2. The molecule has 0 aromatic rings. The third-order valence-electron chi connectivity index (χ3n) is 2.30. The maximum atomic E-state index is 5.27. The number of nitrogens with one attached hydrogen (secondary N) is 1. The number of hydrogen-bond acceptors (Lipinski definition) is 2. The number of ether oxygens (including phenoxy) is 1. The molecule has 0 saturated heterocycles. The smallest absolute Gasteiger partial charge is 0.0586 e. The highest BCUT2D eigenvalue weighted by atomic mass is 79.9. The summed E-state index contributed by atoms with van der Waals surface area (Å²) in [6, 6.07) is 0.615. The van der Waals surface area contributed by atoms with Crippen molar-refractivity contribution in [1.29, 1.82) is 0 Å². The van der Waals surface area contributed by atoms with Gasteiger partial charge in [-0.25, -0.2) is 0 Å². The van der Waals surface area contributed by atoms with Crippen LogP contribution >= 0.6 is 15.9 Å². The highest BCUT2D eigenvalue weighted by Gasteiger charge is 2.23. The molecule has 1 aliphatic rings. The average molecular weight is 234 g/mol. The number of methoxy groups -OCH3 is 1. The van der Waals surface area contributed by atoms with Crippen LogP contribution in [-0.2, 0) is 4.74 Å². The van der Waals surface area contributed by atoms with Crippen molar-refractivity contribution < 1.29 is 4.74 Å². The molecule has 0 radical (unpaired) electrons. The van der Waals surface area contributed by atoms with Crippen molar-refractivity contribution in [3.05, 3.63) is 11.1 Å². The third kappa shape index (κ3) is 3.25. The van der Waals surface area contributed by atoms with Gasteiger partial charge >= 0.3 is 0 Å². The minimum Gasteiger partial charge on any atom is -0.381 e. The molecule has 0 heterocycles. The molecule has 1 aliphatic carbocycles. The summed E-state index contributed by atoms with van der Waals surface area (Å²) in [6.45, 7) is 4.64. The first kappa shape index (κ1) is 10.2. The van der Waals surface area contributed by atoms with Gasteiger partial charge in [0.15, 0.2) is 0 Å². The summed E-state index contributed by atoms with van der Waals surface area (Å²) in [6.07, 6.45) is 4.00. The lowest BCUT2D eigenvalue weighted by Gasteiger charge is -2.11. The van der Waals surface area contributed by atoms with Crippen LogP contribution in [0, 0.1) is 0 Å². The molecular formula is C9H16BrNO. The van der Waals surface area contributed by atoms with Gasteiger partial charge in [-0.05, 0) is 19.3 Å². The van der Waals surface area contributed by atoms with Gasteiger partial charge in [-0.15, -0.1) is 0 Å². The van der Waals surface area contributed by atoms with Gasteiger partial charge in [0, 0.05) is 24.2 Å². The Morgan fingerprint density at radius 1 is 1.67 bits per heavy atom. The van der Waals surface area contributed by atoms with Gasteiger partial charge in [0.2, 0.25) is 0 Å². The fourth-order valence-electron chi connectivity index (χ4n) is 1.59. The van der Waals surface area contributed by atoms with E-state index in [0.717, 1.165) is 17.4 Å². The van der Waals surface area contributed by atoms with Crippen LogP contribution in [0.5, 0.6) is 0 Å². The quantitative estimate of drug-likeness (QED) is 0.803. The van der Waals surface area contributed by atoms with Crippen molar-refractivity contribution in [3.63, 3.8) is 0 Å². The van der Waals surface area contributed by atoms with Gasteiger partial charge in [0.05, 0.1) is 6.10 Å². The largest absolute Gasteiger partial charge is 0.381 e. The minimum absolute atomic E-state index is 0.464. The van der Waals surface area contributed by atoms with E-state index in [1.165, 1.54) is 12.8 Å². The zero-order valence-corrected chi connectivity index (χ0v) is 9.06. The fourth-order valence-corrected chi connectivity index (χ4v) is 1.76. The topological polar surface area (TPSA) is 21.3 Å². The van der Waals surface area contributed by atoms with E-state index >= 15 is 0 Å². The fraction of sp³-hybridized carbons (Fsp3) is 0.778. The molecule has 12 heavy (non-hydrogen) atoms. The van der Waals surface area contributed by atoms with Crippen molar-refractivity contribution in [2.24, 2.45) is 0 Å². The van der Waals surface area contributed by atoms with E-state index in [-0.39, 0.29) is 0 Å². The lowest BCUT2D eigenvalue weighted by molar-refractivity contribution is 0.107. The van der Waals surface area contributed by atoms with Crippen LogP contribution in [-0.4, -0.2) is 25.8 Å². The van der Waals surface area contributed by atoms with Crippen LogP contribution in [0.2, 0.25) is 0 Å². The first-order chi connectivity index (χ1) is 5.72. The van der Waals surface area contributed by atoms with Crippen molar-refractivity contribution in [1.82, 2.24) is 5.32 Å². The molecule has 3 heteroatoms. The maximum Gasteiger partial charge on any atom is 0.0586 e. The zero-order chi connectivity index (χ0) is 8.97. The summed E-state index contributed by atoms with van der Waals surface area (Å²) in [5.74, 6) is 0. The molecule has 0 bridgehead atoms. The molecule has 0 aromatic heterocycles. The van der Waals surface area contributed by atoms with E-state index in [4.69, 9.17) is 4.74 Å². The predicted molar refractivity (Wildman–Crippen MR) is 54.5 cm³/mol. The zero-order valence-electron chi connectivity index (χ0n) is 7.48. The molecule has 1 fully saturated rings. The highest BCUT2D eigenvalue weighted by Crippen LogP contribution is 2.21. The van der Waals surface area contributed by atoms with Crippen LogP contribution in [0.4, 0.5) is 0 Å². The summed E-state index contributed by atoms with van der Waals surface area (Å²) in [4.78, 5) is 0. The van der Waals surface area contributed by atoms with Crippen LogP contribution in [0.3, 0.4) is 0 Å². The van der Waals surface area contributed by atoms with Gasteiger partial charge in [-0.3, -0.25) is 0 Å². The summed E-state index contributed by atoms with van der Waals surface area (Å²) in [5.41, 5.74) is 0. The van der Waals surface area contributed by atoms with E-state index < -0.39 is 0 Å². The Kier molecular flexibility index (Phi) is 4.26. The molecule has 1 N–H and O–H groups in total. The van der Waals surface area contributed by atoms with Gasteiger partial charge < -0.3 is 10.1 Å². The lowest BCUT2D eigenvalue weighted by Crippen LogP contribution is -2.28. The molecule has 0 amide bonds. The summed E-state index contributed by atoms with van der Waals surface area (Å²) >= 11 is 3.33. The Bertz CT molecular complexity index is 161. The SMILES string of the molecule is C=C(Br)CNC1CCC(OC)C1. The molecule has 0 aromatic carbocycles. The molecule has 2 unspecified atom stereocenters. The molecule has 1 saturated carbocycles. The summed E-state index contributed by atoms with van der Waals surface area (Å²) < 4.78 is 6.29. The first-order valence-corrected chi connectivity index (χ1v) is 5.11. The highest BCUT2D eigenvalue weighted by molar-refractivity contribution is 9.11. The Morgan fingerprint density at radius 2 is 2.42 bits per heavy atom. The Labute approximate surface area is 82.5 Å². The molecule has 2 nitrogen and oxygen atoms in total. The second kappa shape index (κ2) is 5.00. The van der Waals surface area contributed by atoms with Crippen LogP contribution in [0.25, 0.3) is 0 Å². The summed E-state index contributed by atoms with van der Waals surface area (Å²) in [5, 5.41) is 3.42. The number of rotatable bonds is 4. The third-order valence-corrected chi connectivity index (χ3v) is 2.58. The Morgan fingerprint density at radius 3 is 2.92 bits per heavy atom. The van der Waals surface area contributed by atoms with E-state index in [1.54, 1.807) is 7.11 Å². The molecule has 1 rings (SSSR count). The van der Waals surface area contributed by atoms with Gasteiger partial charge in [-0.2, -0.15) is 0 Å². The number of halogens is 1. The van der Waals surface area contributed by atoms with Crippen LogP contribution in [0.15, 0.2) is 11.1 Å². The second-order valence-corrected chi connectivity index (χ2v) is 4.39. The van der Waals surface area contributed by atoms with Gasteiger partial charge in [-0.1, -0.05) is 22.5 Å². The predicted octanol–water partition coefficient (Wildman–Crippen LogP) is 2.05. The monoisotopic (exact) mass is 233 g/mol. The average Bonchev–Trinajstić information content (AvgIpc) is 2.48. The Hall–Kier alpha value is 0.140. The van der Waals surface area contributed by atoms with E-state index in [0.29, 0.717) is 12.1 Å². The first-order valence-electron chi connectivity index (χ1n) is 4.32. The van der Waals surface area contributed by atoms with Crippen molar-refractivity contribution in [2.45, 2.75) is 31.4 Å². The molecule has 70 valence electrons. The number of hydrogen-bond donors (Lipinski definition) is 1. The molecule has 0 spiro atoms.